The van der Waals surface area contributed by atoms with Crippen LogP contribution in [0.5, 0.6) is 0 Å². The molecule has 4 atom stereocenters. The van der Waals surface area contributed by atoms with Gasteiger partial charge in [-0.3, -0.25) is 14.3 Å². The number of esters is 1. The molecule has 36 heavy (non-hydrogen) atoms. The van der Waals surface area contributed by atoms with Crippen LogP contribution >= 0.6 is 0 Å². The van der Waals surface area contributed by atoms with Crippen molar-refractivity contribution >= 4 is 24.0 Å². The van der Waals surface area contributed by atoms with Gasteiger partial charge in [0.25, 0.3) is 5.91 Å². The van der Waals surface area contributed by atoms with Crippen molar-refractivity contribution in [2.24, 2.45) is 15.8 Å². The molecule has 2 aromatic carbocycles. The van der Waals surface area contributed by atoms with Gasteiger partial charge in [0, 0.05) is 16.9 Å². The van der Waals surface area contributed by atoms with Crippen LogP contribution in [0, 0.1) is 0 Å². The molecule has 12 heteroatoms. The maximum Gasteiger partial charge on any atom is 0.338 e. The number of azide groups is 1. The molecular formula is C24H22N8O4. The number of ether oxygens (including phenoxy) is 2. The van der Waals surface area contributed by atoms with Gasteiger partial charge >= 0.3 is 5.97 Å². The van der Waals surface area contributed by atoms with Crippen molar-refractivity contribution in [1.29, 1.82) is 0 Å². The monoisotopic (exact) mass is 486 g/mol. The summed E-state index contributed by atoms with van der Waals surface area (Å²) >= 11 is 0. The Morgan fingerprint density at radius 2 is 1.83 bits per heavy atom. The molecule has 5 rings (SSSR count). The van der Waals surface area contributed by atoms with Gasteiger partial charge in [0.2, 0.25) is 0 Å². The number of fused-ring (bicyclic) bond motifs is 1. The Morgan fingerprint density at radius 3 is 2.53 bits per heavy atom. The second kappa shape index (κ2) is 10.0. The highest BCUT2D eigenvalue weighted by molar-refractivity contribution is 6.01. The summed E-state index contributed by atoms with van der Waals surface area (Å²) in [6.45, 7) is -0.0903. The molecule has 3 heterocycles. The van der Waals surface area contributed by atoms with Crippen molar-refractivity contribution in [3.8, 4) is 0 Å². The number of aromatic nitrogens is 2. The number of hydrogen-bond donors (Lipinski definition) is 1. The fourth-order valence-corrected chi connectivity index (χ4v) is 4.19. The van der Waals surface area contributed by atoms with E-state index in [1.807, 2.05) is 6.07 Å². The van der Waals surface area contributed by atoms with Crippen LogP contribution in [0.3, 0.4) is 0 Å². The van der Waals surface area contributed by atoms with Crippen molar-refractivity contribution in [1.82, 2.24) is 14.5 Å². The van der Waals surface area contributed by atoms with Gasteiger partial charge in [0.05, 0.1) is 17.9 Å². The second-order valence-corrected chi connectivity index (χ2v) is 8.23. The van der Waals surface area contributed by atoms with Crippen LogP contribution in [0.4, 0.5) is 5.82 Å². The molecule has 2 unspecified atom stereocenters. The first-order valence-electron chi connectivity index (χ1n) is 11.2. The summed E-state index contributed by atoms with van der Waals surface area (Å²) in [4.78, 5) is 38.2. The highest BCUT2D eigenvalue weighted by Gasteiger charge is 2.39. The van der Waals surface area contributed by atoms with E-state index in [0.29, 0.717) is 29.1 Å². The zero-order valence-electron chi connectivity index (χ0n) is 19.0. The standard InChI is InChI=1S/C24H22N8O4/c25-21-20-22(28-14-32(21)23(33)15-7-3-1-4-8-15)31(13-27-20)19-11-17(29-30-26)18(36-19)12-35-24(34)16-9-5-2-6-10-16/h1-10,13-14,17-19,21H,11-12,25H2/t17?,18-,19-,21?/m1/s1. The van der Waals surface area contributed by atoms with Gasteiger partial charge in [-0.15, -0.1) is 0 Å². The maximum atomic E-state index is 12.9. The first kappa shape index (κ1) is 23.2. The average Bonchev–Trinajstić information content (AvgIpc) is 3.53. The van der Waals surface area contributed by atoms with Gasteiger partial charge in [-0.25, -0.2) is 14.8 Å². The number of hydrogen-bond acceptors (Lipinski definition) is 8. The number of benzene rings is 2. The fourth-order valence-electron chi connectivity index (χ4n) is 4.19. The van der Waals surface area contributed by atoms with Gasteiger partial charge in [0.1, 0.15) is 37.1 Å². The van der Waals surface area contributed by atoms with E-state index in [4.69, 9.17) is 20.7 Å². The molecule has 0 bridgehead atoms. The van der Waals surface area contributed by atoms with Crippen molar-refractivity contribution in [3.05, 3.63) is 94.3 Å². The van der Waals surface area contributed by atoms with E-state index >= 15 is 0 Å². The summed E-state index contributed by atoms with van der Waals surface area (Å²) in [5.74, 6) is -0.361. The second-order valence-electron chi connectivity index (χ2n) is 8.23. The van der Waals surface area contributed by atoms with E-state index < -0.39 is 30.5 Å². The number of carbonyl (C=O) groups is 2. The Labute approximate surface area is 205 Å². The lowest BCUT2D eigenvalue weighted by Crippen LogP contribution is -2.40. The Balaban J connectivity index is 1.31. The van der Waals surface area contributed by atoms with E-state index in [-0.39, 0.29) is 12.5 Å². The van der Waals surface area contributed by atoms with Crippen molar-refractivity contribution in [2.75, 3.05) is 6.61 Å². The molecule has 2 aliphatic heterocycles. The zero-order valence-corrected chi connectivity index (χ0v) is 19.0. The molecule has 0 spiro atoms. The van der Waals surface area contributed by atoms with E-state index in [0.717, 1.165) is 0 Å². The molecule has 0 radical (unpaired) electrons. The summed E-state index contributed by atoms with van der Waals surface area (Å²) in [5.41, 5.74) is 16.7. The third kappa shape index (κ3) is 4.43. The normalized spacial score (nSPS) is 22.5. The van der Waals surface area contributed by atoms with E-state index in [1.54, 1.807) is 59.2 Å². The van der Waals surface area contributed by atoms with Crippen molar-refractivity contribution < 1.29 is 19.1 Å². The van der Waals surface area contributed by atoms with Gasteiger partial charge in [0.15, 0.2) is 5.82 Å². The zero-order chi connectivity index (χ0) is 25.1. The number of aliphatic imine (C=N–C) groups is 1. The van der Waals surface area contributed by atoms with Crippen LogP contribution in [0.15, 0.2) is 77.1 Å². The lowest BCUT2D eigenvalue weighted by molar-refractivity contribution is -0.0339. The van der Waals surface area contributed by atoms with Crippen LogP contribution in [0.1, 0.15) is 45.2 Å². The molecule has 0 saturated carbocycles. The van der Waals surface area contributed by atoms with E-state index in [1.165, 1.54) is 17.6 Å². The Bertz CT molecular complexity index is 1340. The Morgan fingerprint density at radius 1 is 1.14 bits per heavy atom. The predicted molar refractivity (Wildman–Crippen MR) is 128 cm³/mol. The van der Waals surface area contributed by atoms with Crippen LogP contribution in [0.25, 0.3) is 10.4 Å². The van der Waals surface area contributed by atoms with Gasteiger partial charge in [-0.1, -0.05) is 41.5 Å². The number of nitrogens with two attached hydrogens (primary N) is 1. The van der Waals surface area contributed by atoms with Crippen LogP contribution < -0.4 is 5.73 Å². The predicted octanol–water partition coefficient (Wildman–Crippen LogP) is 3.48. The third-order valence-electron chi connectivity index (χ3n) is 6.04. The molecule has 12 nitrogen and oxygen atoms in total. The number of carbonyl (C=O) groups excluding carboxylic acids is 2. The minimum Gasteiger partial charge on any atom is -0.459 e. The molecule has 3 aromatic rings. The molecule has 1 aromatic heterocycles. The highest BCUT2D eigenvalue weighted by Crippen LogP contribution is 2.38. The lowest BCUT2D eigenvalue weighted by atomic mass is 10.1. The summed E-state index contributed by atoms with van der Waals surface area (Å²) in [6, 6.07) is 16.8. The summed E-state index contributed by atoms with van der Waals surface area (Å²) in [5, 5.41) is 3.83. The summed E-state index contributed by atoms with van der Waals surface area (Å²) in [6.07, 6.45) is 1.13. The Kier molecular flexibility index (Phi) is 6.46. The fraction of sp³-hybridized carbons (Fsp3) is 0.250. The average molecular weight is 486 g/mol. The molecule has 2 N–H and O–H groups in total. The number of rotatable bonds is 6. The molecule has 1 saturated heterocycles. The molecular weight excluding hydrogens is 464 g/mol. The van der Waals surface area contributed by atoms with Gasteiger partial charge < -0.3 is 15.2 Å². The smallest absolute Gasteiger partial charge is 0.338 e. The number of imidazole rings is 1. The topological polar surface area (TPSA) is 161 Å². The van der Waals surface area contributed by atoms with Gasteiger partial charge in [-0.05, 0) is 29.8 Å². The van der Waals surface area contributed by atoms with Crippen molar-refractivity contribution in [3.63, 3.8) is 0 Å². The number of nitrogens with zero attached hydrogens (tertiary/aromatic N) is 7. The SMILES string of the molecule is [N-]=[N+]=NC1C[C@H](n2cnc3c2N=CN(C(=O)c2ccccc2)C3N)O[C@@H]1COC(=O)c1ccccc1. The minimum absolute atomic E-state index is 0.0903. The third-order valence-corrected chi connectivity index (χ3v) is 6.04. The largest absolute Gasteiger partial charge is 0.459 e. The van der Waals surface area contributed by atoms with Crippen LogP contribution in [0.2, 0.25) is 0 Å². The number of amides is 1. The van der Waals surface area contributed by atoms with E-state index in [2.05, 4.69) is 20.0 Å². The van der Waals surface area contributed by atoms with E-state index in [9.17, 15) is 9.59 Å². The quantitative estimate of drug-likeness (QED) is 0.243. The molecule has 0 aliphatic carbocycles. The highest BCUT2D eigenvalue weighted by atomic mass is 16.6. The summed E-state index contributed by atoms with van der Waals surface area (Å²) < 4.78 is 13.2. The van der Waals surface area contributed by atoms with Crippen LogP contribution in [-0.4, -0.2) is 51.4 Å². The first-order chi connectivity index (χ1) is 17.6. The van der Waals surface area contributed by atoms with Gasteiger partial charge in [-0.2, -0.15) is 0 Å². The Hall–Kier alpha value is -4.51. The van der Waals surface area contributed by atoms with Crippen LogP contribution in [-0.2, 0) is 9.47 Å². The maximum absolute atomic E-state index is 12.9. The lowest BCUT2D eigenvalue weighted by Gasteiger charge is -2.27. The summed E-state index contributed by atoms with van der Waals surface area (Å²) in [7, 11) is 0. The first-order valence-corrected chi connectivity index (χ1v) is 11.2. The molecule has 182 valence electrons. The molecule has 1 amide bonds. The van der Waals surface area contributed by atoms with Crippen molar-refractivity contribution in [2.45, 2.75) is 31.0 Å². The molecule has 2 aliphatic rings. The minimum atomic E-state index is -0.844. The molecule has 1 fully saturated rings.